The highest BCUT2D eigenvalue weighted by molar-refractivity contribution is 7.51. The van der Waals surface area contributed by atoms with Crippen LogP contribution in [0.25, 0.3) is 11.3 Å². The van der Waals surface area contributed by atoms with Crippen LogP contribution in [0.4, 0.5) is 5.69 Å². The topological polar surface area (TPSA) is 98.1 Å². The monoisotopic (exact) mass is 500 g/mol. The number of aliphatic hydroxyl groups is 1. The molecule has 0 bridgehead atoms. The van der Waals surface area contributed by atoms with Gasteiger partial charge in [0.2, 0.25) is 5.90 Å². The second-order valence-corrected chi connectivity index (χ2v) is 8.15. The molecule has 0 saturated heterocycles. The predicted molar refractivity (Wildman–Crippen MR) is 133 cm³/mol. The molecule has 0 radical (unpaired) electrons. The third-order valence-electron chi connectivity index (χ3n) is 5.22. The van der Waals surface area contributed by atoms with Gasteiger partial charge in [0.25, 0.3) is 0 Å². The number of nitrogens with zero attached hydrogens (tertiary/aromatic N) is 2. The molecular formula is C25H25ClN2O5S. The lowest BCUT2D eigenvalue weighted by Gasteiger charge is -2.09. The van der Waals surface area contributed by atoms with Gasteiger partial charge in [-0.25, -0.2) is 9.98 Å². The van der Waals surface area contributed by atoms with Gasteiger partial charge in [0.1, 0.15) is 11.5 Å². The number of rotatable bonds is 7. The molecule has 7 nitrogen and oxygen atoms in total. The minimum Gasteiger partial charge on any atom is -0.494 e. The van der Waals surface area contributed by atoms with E-state index in [1.54, 1.807) is 0 Å². The Morgan fingerprint density at radius 2 is 1.79 bits per heavy atom. The van der Waals surface area contributed by atoms with Gasteiger partial charge in [-0.2, -0.15) is 8.42 Å². The van der Waals surface area contributed by atoms with E-state index in [9.17, 15) is 5.11 Å². The van der Waals surface area contributed by atoms with E-state index in [4.69, 9.17) is 34.5 Å². The molecule has 0 atom stereocenters. The molecule has 9 heteroatoms. The summed E-state index contributed by atoms with van der Waals surface area (Å²) in [6, 6.07) is 15.3. The molecule has 0 amide bonds. The Morgan fingerprint density at radius 1 is 1.09 bits per heavy atom. The van der Waals surface area contributed by atoms with Gasteiger partial charge < -0.3 is 14.6 Å². The summed E-state index contributed by atoms with van der Waals surface area (Å²) in [7, 11) is 0. The number of aliphatic imine (C=N–C) groups is 1. The molecule has 0 fully saturated rings. The highest BCUT2D eigenvalue weighted by Gasteiger charge is 2.21. The molecule has 34 heavy (non-hydrogen) atoms. The van der Waals surface area contributed by atoms with E-state index in [0.717, 1.165) is 52.4 Å². The number of aliphatic hydroxyl groups excluding tert-OH is 1. The maximum absolute atomic E-state index is 9.47. The first-order valence-electron chi connectivity index (χ1n) is 10.8. The number of aromatic nitrogens is 1. The van der Waals surface area contributed by atoms with Crippen LogP contribution in [0.5, 0.6) is 11.5 Å². The molecule has 0 spiro atoms. The number of benzene rings is 2. The Balaban J connectivity index is 0.00000103. The van der Waals surface area contributed by atoms with Crippen LogP contribution in [0.15, 0.2) is 53.5 Å². The third kappa shape index (κ3) is 6.50. The molecule has 0 aliphatic carbocycles. The van der Waals surface area contributed by atoms with E-state index in [1.165, 1.54) is 0 Å². The summed E-state index contributed by atoms with van der Waals surface area (Å²) in [6.07, 6.45) is 2.63. The van der Waals surface area contributed by atoms with Gasteiger partial charge in [-0.05, 0) is 66.9 Å². The Morgan fingerprint density at radius 3 is 2.47 bits per heavy atom. The fourth-order valence-electron chi connectivity index (χ4n) is 3.38. The molecular weight excluding hydrogens is 476 g/mol. The van der Waals surface area contributed by atoms with Crippen LogP contribution in [0.3, 0.4) is 0 Å². The largest absolute Gasteiger partial charge is 0.494 e. The second kappa shape index (κ2) is 12.4. The Bertz CT molecular complexity index is 1210. The highest BCUT2D eigenvalue weighted by atomic mass is 35.5. The lowest BCUT2D eigenvalue weighted by Crippen LogP contribution is -2.09. The zero-order chi connectivity index (χ0) is 24.5. The minimum absolute atomic E-state index is 0.0291. The number of hydrogen-bond acceptors (Lipinski definition) is 7. The van der Waals surface area contributed by atoms with Gasteiger partial charge >= 0.3 is 11.6 Å². The summed E-state index contributed by atoms with van der Waals surface area (Å²) in [5, 5.41) is 10.0. The second-order valence-electron chi connectivity index (χ2n) is 7.61. The van der Waals surface area contributed by atoms with Gasteiger partial charge in [0.15, 0.2) is 0 Å². The van der Waals surface area contributed by atoms with Gasteiger partial charge in [-0.3, -0.25) is 0 Å². The Kier molecular flexibility index (Phi) is 9.33. The Hall–Kier alpha value is -3.07. The van der Waals surface area contributed by atoms with Crippen molar-refractivity contribution >= 4 is 34.8 Å². The number of hydrogen-bond donors (Lipinski definition) is 1. The van der Waals surface area contributed by atoms with E-state index in [-0.39, 0.29) is 6.61 Å². The van der Waals surface area contributed by atoms with E-state index in [2.05, 4.69) is 11.9 Å². The summed E-state index contributed by atoms with van der Waals surface area (Å²) in [5.74, 6) is 2.04. The zero-order valence-electron chi connectivity index (χ0n) is 18.9. The molecule has 1 aliphatic heterocycles. The molecule has 4 rings (SSSR count). The molecule has 1 aromatic heterocycles. The molecule has 3 aromatic rings. The summed E-state index contributed by atoms with van der Waals surface area (Å²) in [6.45, 7) is 4.78. The first kappa shape index (κ1) is 25.6. The highest BCUT2D eigenvalue weighted by Crippen LogP contribution is 2.35. The van der Waals surface area contributed by atoms with Crippen molar-refractivity contribution in [3.8, 4) is 22.8 Å². The standard InChI is InChI=1S/C25H25ClN2O3.O2S/c1-3-4-11-30-19-9-6-17(7-10-19)25-21(26)13-22-23(28-25)14-24(27-22)31-20-8-5-16(2)18(12-20)15-29;1-3-2/h5-10,12-13,29H,3-4,11,14-15H2,1-2H3;. The summed E-state index contributed by atoms with van der Waals surface area (Å²) in [5.41, 5.74) is 5.04. The van der Waals surface area contributed by atoms with Crippen LogP contribution >= 0.6 is 11.6 Å². The van der Waals surface area contributed by atoms with Crippen molar-refractivity contribution in [1.29, 1.82) is 0 Å². The average molecular weight is 501 g/mol. The number of fused-ring (bicyclic) bond motifs is 1. The fourth-order valence-corrected chi connectivity index (χ4v) is 3.64. The van der Waals surface area contributed by atoms with Crippen LogP contribution in [-0.2, 0) is 24.6 Å². The molecule has 0 saturated carbocycles. The number of halogens is 1. The van der Waals surface area contributed by atoms with Crippen LogP contribution in [0.2, 0.25) is 5.02 Å². The normalized spacial score (nSPS) is 11.7. The van der Waals surface area contributed by atoms with Crippen molar-refractivity contribution in [2.75, 3.05) is 6.61 Å². The van der Waals surface area contributed by atoms with Crippen molar-refractivity contribution in [2.45, 2.75) is 39.7 Å². The number of pyridine rings is 1. The summed E-state index contributed by atoms with van der Waals surface area (Å²) in [4.78, 5) is 9.30. The molecule has 1 N–H and O–H groups in total. The van der Waals surface area contributed by atoms with Crippen molar-refractivity contribution < 1.29 is 23.0 Å². The lowest BCUT2D eigenvalue weighted by molar-refractivity contribution is 0.280. The molecule has 0 unspecified atom stereocenters. The van der Waals surface area contributed by atoms with Crippen LogP contribution in [0.1, 0.15) is 36.6 Å². The minimum atomic E-state index is -0.750. The van der Waals surface area contributed by atoms with E-state index < -0.39 is 11.6 Å². The maximum atomic E-state index is 9.47. The zero-order valence-corrected chi connectivity index (χ0v) is 20.5. The lowest BCUT2D eigenvalue weighted by atomic mass is 10.1. The first-order valence-corrected chi connectivity index (χ1v) is 11.8. The molecule has 178 valence electrons. The van der Waals surface area contributed by atoms with Gasteiger partial charge in [0.05, 0.1) is 41.7 Å². The van der Waals surface area contributed by atoms with Gasteiger partial charge in [-0.15, -0.1) is 0 Å². The number of unbranched alkanes of at least 4 members (excludes halogenated alkanes) is 1. The van der Waals surface area contributed by atoms with Crippen LogP contribution in [0, 0.1) is 6.92 Å². The van der Waals surface area contributed by atoms with Crippen LogP contribution in [-0.4, -0.2) is 31.0 Å². The van der Waals surface area contributed by atoms with Crippen LogP contribution < -0.4 is 9.47 Å². The summed E-state index contributed by atoms with van der Waals surface area (Å²) < 4.78 is 28.3. The third-order valence-corrected chi connectivity index (χ3v) is 5.51. The average Bonchev–Trinajstić information content (AvgIpc) is 3.22. The van der Waals surface area contributed by atoms with Crippen molar-refractivity contribution in [1.82, 2.24) is 4.98 Å². The SMILES string of the molecule is CCCCOc1ccc(-c2nc3c(cc2Cl)N=C(Oc2ccc(C)c(CO)c2)C3)cc1.O=S=O. The first-order chi connectivity index (χ1) is 16.5. The summed E-state index contributed by atoms with van der Waals surface area (Å²) >= 11 is 5.77. The van der Waals surface area contributed by atoms with E-state index >= 15 is 0 Å². The number of aryl methyl sites for hydroxylation is 1. The maximum Gasteiger partial charge on any atom is 0.335 e. The van der Waals surface area contributed by atoms with E-state index in [1.807, 2.05) is 55.5 Å². The molecule has 2 aromatic carbocycles. The number of ether oxygens (including phenoxy) is 2. The molecule has 2 heterocycles. The van der Waals surface area contributed by atoms with Gasteiger partial charge in [-0.1, -0.05) is 31.0 Å². The van der Waals surface area contributed by atoms with Crippen molar-refractivity contribution in [2.24, 2.45) is 4.99 Å². The smallest absolute Gasteiger partial charge is 0.335 e. The van der Waals surface area contributed by atoms with Crippen molar-refractivity contribution in [3.05, 3.63) is 70.4 Å². The fraction of sp³-hybridized carbons (Fsp3) is 0.280. The van der Waals surface area contributed by atoms with E-state index in [0.29, 0.717) is 29.7 Å². The molecule has 1 aliphatic rings. The van der Waals surface area contributed by atoms with Crippen molar-refractivity contribution in [3.63, 3.8) is 0 Å². The predicted octanol–water partition coefficient (Wildman–Crippen LogP) is 5.38. The van der Waals surface area contributed by atoms with Gasteiger partial charge in [0, 0.05) is 5.56 Å². The Labute approximate surface area is 207 Å². The quantitative estimate of drug-likeness (QED) is 0.437.